The van der Waals surface area contributed by atoms with E-state index in [9.17, 15) is 0 Å². The van der Waals surface area contributed by atoms with Crippen molar-refractivity contribution in [2.75, 3.05) is 32.9 Å². The SMILES string of the molecule is CCCCCO[P@](C)(=S)O[C@@H](C)C[NH+]1CCCCC1. The molecule has 0 aliphatic carbocycles. The number of quaternary nitrogens is 1. The largest absolute Gasteiger partial charge is 0.333 e. The predicted octanol–water partition coefficient (Wildman–Crippen LogP) is 2.61. The van der Waals surface area contributed by atoms with E-state index in [1.165, 1.54) is 45.2 Å². The molecular formula is C14H31NO2PS+. The Bertz CT molecular complexity index is 283. The lowest BCUT2D eigenvalue weighted by molar-refractivity contribution is -0.907. The quantitative estimate of drug-likeness (QED) is 0.523. The van der Waals surface area contributed by atoms with E-state index < -0.39 is 6.49 Å². The summed E-state index contributed by atoms with van der Waals surface area (Å²) >= 11 is 5.49. The summed E-state index contributed by atoms with van der Waals surface area (Å²) in [6.45, 7) is 8.68. The van der Waals surface area contributed by atoms with E-state index in [2.05, 4.69) is 13.8 Å². The highest BCUT2D eigenvalue weighted by Crippen LogP contribution is 2.45. The molecule has 0 saturated carbocycles. The maximum Gasteiger partial charge on any atom is 0.186 e. The van der Waals surface area contributed by atoms with E-state index in [4.69, 9.17) is 20.9 Å². The molecule has 1 heterocycles. The maximum absolute atomic E-state index is 6.00. The number of hydrogen-bond acceptors (Lipinski definition) is 3. The zero-order valence-corrected chi connectivity index (χ0v) is 14.5. The van der Waals surface area contributed by atoms with Crippen LogP contribution >= 0.6 is 6.49 Å². The minimum absolute atomic E-state index is 0.218. The van der Waals surface area contributed by atoms with E-state index in [-0.39, 0.29) is 6.10 Å². The van der Waals surface area contributed by atoms with Gasteiger partial charge in [0.05, 0.1) is 19.7 Å². The molecule has 0 aromatic heterocycles. The molecule has 19 heavy (non-hydrogen) atoms. The smallest absolute Gasteiger partial charge is 0.186 e. The van der Waals surface area contributed by atoms with Gasteiger partial charge in [-0.05, 0) is 44.4 Å². The molecule has 1 saturated heterocycles. The van der Waals surface area contributed by atoms with E-state index >= 15 is 0 Å². The molecular weight excluding hydrogens is 277 g/mol. The molecule has 1 N–H and O–H groups in total. The van der Waals surface area contributed by atoms with Crippen molar-refractivity contribution in [1.82, 2.24) is 0 Å². The Hall–Kier alpha value is 0.530. The van der Waals surface area contributed by atoms with Crippen LogP contribution in [0.4, 0.5) is 0 Å². The number of rotatable bonds is 9. The zero-order valence-electron chi connectivity index (χ0n) is 12.8. The fraction of sp³-hybridized carbons (Fsp3) is 1.00. The number of unbranched alkanes of at least 4 members (excludes halogenated alkanes) is 2. The van der Waals surface area contributed by atoms with Crippen LogP contribution in [-0.2, 0) is 20.9 Å². The van der Waals surface area contributed by atoms with Gasteiger partial charge in [0, 0.05) is 6.66 Å². The normalized spacial score (nSPS) is 22.1. The summed E-state index contributed by atoms with van der Waals surface area (Å²) in [5.41, 5.74) is 0. The van der Waals surface area contributed by atoms with Crippen molar-refractivity contribution in [3.05, 3.63) is 0 Å². The Labute approximate surface area is 124 Å². The first-order valence-corrected chi connectivity index (χ1v) is 10.9. The molecule has 1 aliphatic heterocycles. The molecule has 0 unspecified atom stereocenters. The fourth-order valence-electron chi connectivity index (χ4n) is 2.64. The standard InChI is InChI=1S/C14H30NO2PS/c1-4-5-9-12-16-18(3,19)17-14(2)13-15-10-7-6-8-11-15/h14H,4-13H2,1-3H3/p+1/t14-,18-/m0/s1. The van der Waals surface area contributed by atoms with Gasteiger partial charge in [-0.1, -0.05) is 19.8 Å². The number of piperidine rings is 1. The maximum atomic E-state index is 6.00. The van der Waals surface area contributed by atoms with Gasteiger partial charge < -0.3 is 13.9 Å². The topological polar surface area (TPSA) is 22.9 Å². The van der Waals surface area contributed by atoms with Crippen LogP contribution in [0.15, 0.2) is 0 Å². The minimum Gasteiger partial charge on any atom is -0.333 e. The molecule has 2 atom stereocenters. The molecule has 1 rings (SSSR count). The van der Waals surface area contributed by atoms with Crippen molar-refractivity contribution in [2.24, 2.45) is 0 Å². The molecule has 114 valence electrons. The first-order valence-electron chi connectivity index (χ1n) is 7.77. The van der Waals surface area contributed by atoms with Gasteiger partial charge in [-0.3, -0.25) is 0 Å². The second kappa shape index (κ2) is 9.46. The van der Waals surface area contributed by atoms with Gasteiger partial charge in [0.1, 0.15) is 12.6 Å². The van der Waals surface area contributed by atoms with Gasteiger partial charge in [0.2, 0.25) is 0 Å². The lowest BCUT2D eigenvalue weighted by Gasteiger charge is -2.28. The molecule has 1 aliphatic rings. The van der Waals surface area contributed by atoms with Crippen molar-refractivity contribution in [2.45, 2.75) is 58.5 Å². The summed E-state index contributed by atoms with van der Waals surface area (Å²) in [6, 6.07) is 0. The van der Waals surface area contributed by atoms with Gasteiger partial charge in [-0.15, -0.1) is 0 Å². The van der Waals surface area contributed by atoms with Crippen LogP contribution in [0.1, 0.15) is 52.4 Å². The van der Waals surface area contributed by atoms with Crippen molar-refractivity contribution in [1.29, 1.82) is 0 Å². The summed E-state index contributed by atoms with van der Waals surface area (Å²) in [7, 11) is 0. The summed E-state index contributed by atoms with van der Waals surface area (Å²) < 4.78 is 11.8. The molecule has 0 aromatic carbocycles. The summed E-state index contributed by atoms with van der Waals surface area (Å²) in [5.74, 6) is 0. The van der Waals surface area contributed by atoms with Crippen molar-refractivity contribution < 1.29 is 13.9 Å². The van der Waals surface area contributed by atoms with Crippen LogP contribution in [0.3, 0.4) is 0 Å². The van der Waals surface area contributed by atoms with Crippen LogP contribution in [0, 0.1) is 0 Å². The first-order chi connectivity index (χ1) is 9.03. The Morgan fingerprint density at radius 3 is 2.53 bits per heavy atom. The third-order valence-corrected chi connectivity index (χ3v) is 5.55. The first kappa shape index (κ1) is 17.6. The lowest BCUT2D eigenvalue weighted by Crippen LogP contribution is -3.13. The Morgan fingerprint density at radius 2 is 1.89 bits per heavy atom. The molecule has 0 radical (unpaired) electrons. The van der Waals surface area contributed by atoms with E-state index in [1.54, 1.807) is 4.90 Å². The van der Waals surface area contributed by atoms with Crippen molar-refractivity contribution >= 4 is 18.3 Å². The van der Waals surface area contributed by atoms with Gasteiger partial charge >= 0.3 is 0 Å². The monoisotopic (exact) mass is 308 g/mol. The molecule has 0 amide bonds. The highest BCUT2D eigenvalue weighted by atomic mass is 32.5. The van der Waals surface area contributed by atoms with Crippen molar-refractivity contribution in [3.8, 4) is 0 Å². The third-order valence-electron chi connectivity index (χ3n) is 3.58. The van der Waals surface area contributed by atoms with Crippen LogP contribution < -0.4 is 4.90 Å². The number of hydrogen-bond donors (Lipinski definition) is 1. The van der Waals surface area contributed by atoms with E-state index in [0.29, 0.717) is 0 Å². The van der Waals surface area contributed by atoms with Crippen LogP contribution in [-0.4, -0.2) is 39.0 Å². The van der Waals surface area contributed by atoms with Gasteiger partial charge in [-0.2, -0.15) is 0 Å². The highest BCUT2D eigenvalue weighted by molar-refractivity contribution is 8.09. The van der Waals surface area contributed by atoms with Crippen LogP contribution in [0.2, 0.25) is 0 Å². The zero-order chi connectivity index (χ0) is 14.1. The Balaban J connectivity index is 2.20. The van der Waals surface area contributed by atoms with E-state index in [0.717, 1.165) is 19.6 Å². The van der Waals surface area contributed by atoms with Crippen LogP contribution in [0.5, 0.6) is 0 Å². The van der Waals surface area contributed by atoms with Gasteiger partial charge in [-0.25, -0.2) is 0 Å². The molecule has 0 spiro atoms. The summed E-state index contributed by atoms with van der Waals surface area (Å²) in [4.78, 5) is 1.67. The lowest BCUT2D eigenvalue weighted by atomic mass is 10.1. The van der Waals surface area contributed by atoms with Crippen LogP contribution in [0.25, 0.3) is 0 Å². The predicted molar refractivity (Wildman–Crippen MR) is 85.6 cm³/mol. The van der Waals surface area contributed by atoms with Crippen molar-refractivity contribution in [3.63, 3.8) is 0 Å². The Kier molecular flexibility index (Phi) is 8.76. The number of likely N-dealkylation sites (tertiary alicyclic amines) is 1. The van der Waals surface area contributed by atoms with Gasteiger partial charge in [0.15, 0.2) is 6.49 Å². The van der Waals surface area contributed by atoms with Gasteiger partial charge in [0.25, 0.3) is 0 Å². The highest BCUT2D eigenvalue weighted by Gasteiger charge is 2.21. The molecule has 5 heteroatoms. The molecule has 1 fully saturated rings. The summed E-state index contributed by atoms with van der Waals surface area (Å²) in [6.07, 6.45) is 7.85. The molecule has 0 bridgehead atoms. The third kappa shape index (κ3) is 8.41. The van der Waals surface area contributed by atoms with E-state index in [1.807, 2.05) is 6.66 Å². The summed E-state index contributed by atoms with van der Waals surface area (Å²) in [5, 5.41) is 0. The average Bonchev–Trinajstić information content (AvgIpc) is 2.35. The average molecular weight is 308 g/mol. The minimum atomic E-state index is -2.04. The molecule has 0 aromatic rings. The Morgan fingerprint density at radius 1 is 1.21 bits per heavy atom. The number of nitrogens with one attached hydrogen (secondary N) is 1. The molecule has 3 nitrogen and oxygen atoms in total. The fourth-order valence-corrected chi connectivity index (χ4v) is 4.55. The second-order valence-corrected chi connectivity index (χ2v) is 9.74. The second-order valence-electron chi connectivity index (χ2n) is 5.74.